The van der Waals surface area contributed by atoms with E-state index < -0.39 is 4.92 Å². The van der Waals surface area contributed by atoms with Crippen LogP contribution in [0.4, 0.5) is 0 Å². The van der Waals surface area contributed by atoms with E-state index in [1.54, 1.807) is 0 Å². The monoisotopic (exact) mass is 349 g/mol. The molecule has 0 aromatic heterocycles. The van der Waals surface area contributed by atoms with Crippen molar-refractivity contribution in [3.63, 3.8) is 0 Å². The molecule has 0 aromatic rings. The fraction of sp³-hybridized carbons (Fsp3) is 0.429. The predicted octanol–water partition coefficient (Wildman–Crippen LogP) is 4.34. The molecule has 1 rings (SSSR count). The highest BCUT2D eigenvalue weighted by Gasteiger charge is 2.26. The van der Waals surface area contributed by atoms with E-state index in [9.17, 15) is 10.1 Å². The van der Waals surface area contributed by atoms with Crippen LogP contribution in [-0.2, 0) is 0 Å². The predicted molar refractivity (Wildman–Crippen MR) is 71.2 cm³/mol. The number of nitrogens with zero attached hydrogens (tertiary/aromatic N) is 1. The fourth-order valence-electron chi connectivity index (χ4n) is 0.901. The number of hydrogen-bond acceptors (Lipinski definition) is 4. The molecule has 0 aliphatic carbocycles. The number of allylic oxidation sites excluding steroid dienone is 1. The van der Waals surface area contributed by atoms with Gasteiger partial charge in [-0.25, -0.2) is 0 Å². The quantitative estimate of drug-likeness (QED) is 0.548. The fourth-order valence-corrected chi connectivity index (χ4v) is 4.04. The largest absolute Gasteiger partial charge is 0.309 e. The summed E-state index contributed by atoms with van der Waals surface area (Å²) in [6.45, 7) is 0. The number of thioether (sulfide) groups is 2. The van der Waals surface area contributed by atoms with Crippen molar-refractivity contribution in [3.8, 4) is 0 Å². The minimum Gasteiger partial charge on any atom is -0.258 e. The van der Waals surface area contributed by atoms with Gasteiger partial charge in [0.15, 0.2) is 0 Å². The first kappa shape index (κ1) is 13.7. The molecule has 3 nitrogen and oxygen atoms in total. The smallest absolute Gasteiger partial charge is 0.258 e. The van der Waals surface area contributed by atoms with E-state index in [2.05, 4.69) is 15.9 Å². The van der Waals surface area contributed by atoms with Gasteiger partial charge in [0, 0.05) is 0 Å². The van der Waals surface area contributed by atoms with Crippen molar-refractivity contribution in [1.29, 1.82) is 0 Å². The van der Waals surface area contributed by atoms with Crippen LogP contribution in [0.1, 0.15) is 6.42 Å². The molecule has 0 bridgehead atoms. The summed E-state index contributed by atoms with van der Waals surface area (Å²) < 4.78 is 0.698. The van der Waals surface area contributed by atoms with Crippen LogP contribution in [0.2, 0.25) is 0 Å². The Labute approximate surface area is 114 Å². The van der Waals surface area contributed by atoms with E-state index in [0.717, 1.165) is 17.9 Å². The molecular weight excluding hydrogens is 345 g/mol. The summed E-state index contributed by atoms with van der Waals surface area (Å²) in [5.74, 6) is 1.76. The van der Waals surface area contributed by atoms with Crippen molar-refractivity contribution in [2.75, 3.05) is 11.5 Å². The molecule has 1 saturated heterocycles. The molecule has 0 amide bonds. The maximum absolute atomic E-state index is 10.9. The van der Waals surface area contributed by atoms with Crippen molar-refractivity contribution < 1.29 is 4.92 Å². The molecule has 0 N–H and O–H groups in total. The maximum Gasteiger partial charge on any atom is 0.309 e. The molecular formula is C7H6BrCl2NO2S2. The first-order valence-corrected chi connectivity index (χ1v) is 7.41. The third-order valence-corrected chi connectivity index (χ3v) is 5.39. The molecule has 0 radical (unpaired) electrons. The van der Waals surface area contributed by atoms with Crippen LogP contribution in [0.5, 0.6) is 0 Å². The highest BCUT2D eigenvalue weighted by molar-refractivity contribution is 9.12. The second-order valence-corrected chi connectivity index (χ2v) is 6.99. The summed E-state index contributed by atoms with van der Waals surface area (Å²) in [5, 5.41) is 10.8. The van der Waals surface area contributed by atoms with Gasteiger partial charge >= 0.3 is 5.70 Å². The first-order chi connectivity index (χ1) is 7.04. The van der Waals surface area contributed by atoms with Gasteiger partial charge in [-0.2, -0.15) is 0 Å². The Kier molecular flexibility index (Phi) is 5.84. The molecule has 15 heavy (non-hydrogen) atoms. The van der Waals surface area contributed by atoms with Crippen LogP contribution in [0.3, 0.4) is 0 Å². The Morgan fingerprint density at radius 3 is 2.33 bits per heavy atom. The molecule has 1 heterocycles. The normalized spacial score (nSPS) is 18.5. The number of rotatable bonds is 2. The van der Waals surface area contributed by atoms with E-state index in [4.69, 9.17) is 23.2 Å². The van der Waals surface area contributed by atoms with Crippen molar-refractivity contribution in [2.24, 2.45) is 0 Å². The van der Waals surface area contributed by atoms with Gasteiger partial charge < -0.3 is 0 Å². The van der Waals surface area contributed by atoms with E-state index in [0.29, 0.717) is 4.24 Å². The molecule has 0 aromatic carbocycles. The molecule has 1 aliphatic rings. The van der Waals surface area contributed by atoms with E-state index in [1.807, 2.05) is 0 Å². The van der Waals surface area contributed by atoms with Crippen LogP contribution in [0.25, 0.3) is 0 Å². The van der Waals surface area contributed by atoms with Gasteiger partial charge in [0.25, 0.3) is 0 Å². The van der Waals surface area contributed by atoms with Gasteiger partial charge in [0.1, 0.15) is 13.2 Å². The molecule has 0 saturated carbocycles. The van der Waals surface area contributed by atoms with Gasteiger partial charge in [-0.1, -0.05) is 23.2 Å². The maximum atomic E-state index is 10.9. The van der Waals surface area contributed by atoms with Gasteiger partial charge in [0.05, 0.1) is 4.92 Å². The highest BCUT2D eigenvalue weighted by atomic mass is 79.9. The molecule has 0 spiro atoms. The average Bonchev–Trinajstić information content (AvgIpc) is 2.18. The second kappa shape index (κ2) is 6.39. The molecule has 84 valence electrons. The first-order valence-electron chi connectivity index (χ1n) is 3.89. The molecule has 1 fully saturated rings. The highest BCUT2D eigenvalue weighted by Crippen LogP contribution is 2.41. The summed E-state index contributed by atoms with van der Waals surface area (Å²) in [6, 6.07) is 0. The molecule has 8 heteroatoms. The second-order valence-electron chi connectivity index (χ2n) is 2.52. The zero-order chi connectivity index (χ0) is 11.4. The molecule has 0 unspecified atom stereocenters. The topological polar surface area (TPSA) is 43.1 Å². The van der Waals surface area contributed by atoms with Crippen molar-refractivity contribution in [2.45, 2.75) is 6.42 Å². The summed E-state index contributed by atoms with van der Waals surface area (Å²) in [7, 11) is 0. The minimum absolute atomic E-state index is 0.0430. The SMILES string of the molecule is O=[N+]([O-])C(=C1SCCCS1)/C(Cl)=C(/Cl)Br. The van der Waals surface area contributed by atoms with Crippen LogP contribution < -0.4 is 0 Å². The Bertz CT molecular complexity index is 334. The lowest BCUT2D eigenvalue weighted by atomic mass is 10.5. The zero-order valence-electron chi connectivity index (χ0n) is 7.34. The van der Waals surface area contributed by atoms with Crippen LogP contribution in [-0.4, -0.2) is 16.4 Å². The summed E-state index contributed by atoms with van der Waals surface area (Å²) >= 11 is 17.2. The molecule has 1 aliphatic heterocycles. The van der Waals surface area contributed by atoms with Gasteiger partial charge in [-0.05, 0) is 33.9 Å². The third kappa shape index (κ3) is 3.85. The van der Waals surface area contributed by atoms with Crippen LogP contribution >= 0.6 is 62.7 Å². The number of halogens is 3. The van der Waals surface area contributed by atoms with E-state index >= 15 is 0 Å². The number of hydrogen-bond donors (Lipinski definition) is 0. The lowest BCUT2D eigenvalue weighted by molar-refractivity contribution is -0.419. The van der Waals surface area contributed by atoms with E-state index in [1.165, 1.54) is 23.5 Å². The van der Waals surface area contributed by atoms with Gasteiger partial charge in [-0.3, -0.25) is 10.1 Å². The van der Waals surface area contributed by atoms with Crippen molar-refractivity contribution in [3.05, 3.63) is 29.0 Å². The Balaban J connectivity index is 3.11. The van der Waals surface area contributed by atoms with Crippen molar-refractivity contribution >= 4 is 62.7 Å². The summed E-state index contributed by atoms with van der Waals surface area (Å²) in [4.78, 5) is 10.4. The van der Waals surface area contributed by atoms with Gasteiger partial charge in [-0.15, -0.1) is 23.5 Å². The Hall–Kier alpha value is 0.640. The minimum atomic E-state index is -0.493. The zero-order valence-corrected chi connectivity index (χ0v) is 12.1. The van der Waals surface area contributed by atoms with Crippen LogP contribution in [0, 0.1) is 10.1 Å². The van der Waals surface area contributed by atoms with E-state index in [-0.39, 0.29) is 14.7 Å². The Morgan fingerprint density at radius 2 is 1.93 bits per heavy atom. The molecule has 0 atom stereocenters. The summed E-state index contributed by atoms with van der Waals surface area (Å²) in [6.07, 6.45) is 1.05. The third-order valence-electron chi connectivity index (χ3n) is 1.50. The standard InChI is InChI=1S/C7H6BrCl2NO2S2/c8-6(10)4(9)5(11(12)13)7-14-2-1-3-15-7/h1-3H2/b6-4-. The Morgan fingerprint density at radius 1 is 1.40 bits per heavy atom. The average molecular weight is 351 g/mol. The lowest BCUT2D eigenvalue weighted by Gasteiger charge is -2.12. The van der Waals surface area contributed by atoms with Crippen LogP contribution in [0.15, 0.2) is 18.9 Å². The lowest BCUT2D eigenvalue weighted by Crippen LogP contribution is -2.04. The van der Waals surface area contributed by atoms with Crippen molar-refractivity contribution in [1.82, 2.24) is 0 Å². The summed E-state index contributed by atoms with van der Waals surface area (Å²) in [5.41, 5.74) is -0.103. The number of nitro groups is 1. The van der Waals surface area contributed by atoms with Gasteiger partial charge in [0.2, 0.25) is 0 Å².